The van der Waals surface area contributed by atoms with Crippen LogP contribution in [0.5, 0.6) is 0 Å². The smallest absolute Gasteiger partial charge is 0.303 e. The van der Waals surface area contributed by atoms with Gasteiger partial charge in [-0.15, -0.1) is 0 Å². The zero-order chi connectivity index (χ0) is 14.8. The van der Waals surface area contributed by atoms with Crippen molar-refractivity contribution >= 4 is 16.7 Å². The molecule has 0 aliphatic carbocycles. The lowest BCUT2D eigenvalue weighted by atomic mass is 10.1. The molecule has 0 amide bonds. The van der Waals surface area contributed by atoms with Crippen molar-refractivity contribution in [3.8, 4) is 11.5 Å². The molecule has 21 heavy (non-hydrogen) atoms. The van der Waals surface area contributed by atoms with E-state index in [9.17, 15) is 4.79 Å². The van der Waals surface area contributed by atoms with E-state index in [-0.39, 0.29) is 12.6 Å². The zero-order valence-corrected chi connectivity index (χ0v) is 11.9. The monoisotopic (exact) mass is 281 g/mol. The molecule has 0 aliphatic heterocycles. The number of benzene rings is 2. The van der Waals surface area contributed by atoms with E-state index >= 15 is 0 Å². The molecule has 0 radical (unpaired) electrons. The van der Waals surface area contributed by atoms with Crippen LogP contribution in [-0.2, 0) is 16.1 Å². The van der Waals surface area contributed by atoms with Crippen LogP contribution in [0.2, 0.25) is 0 Å². The molecule has 3 rings (SSSR count). The quantitative estimate of drug-likeness (QED) is 0.684. The molecule has 0 unspecified atom stereocenters. The first-order valence-corrected chi connectivity index (χ1v) is 6.72. The molecule has 0 atom stereocenters. The molecule has 0 saturated carbocycles. The maximum Gasteiger partial charge on any atom is 0.303 e. The first kappa shape index (κ1) is 13.4. The molecule has 1 heterocycles. The summed E-state index contributed by atoms with van der Waals surface area (Å²) in [4.78, 5) is 15.3. The molecule has 2 aromatic carbocycles. The van der Waals surface area contributed by atoms with Gasteiger partial charge in [0.25, 0.3) is 0 Å². The molecular weight excluding hydrogens is 266 g/mol. The van der Waals surface area contributed by atoms with Crippen molar-refractivity contribution in [1.82, 2.24) is 4.98 Å². The SMILES string of the molecule is CC(=O)OCc1nc(-c2ccc3ccccc3c2)oc1C. The highest BCUT2D eigenvalue weighted by Gasteiger charge is 2.12. The van der Waals surface area contributed by atoms with Gasteiger partial charge >= 0.3 is 5.97 Å². The summed E-state index contributed by atoms with van der Waals surface area (Å²) in [6.07, 6.45) is 0. The molecule has 0 saturated heterocycles. The van der Waals surface area contributed by atoms with Gasteiger partial charge in [-0.2, -0.15) is 0 Å². The maximum absolute atomic E-state index is 10.9. The predicted molar refractivity (Wildman–Crippen MR) is 79.7 cm³/mol. The zero-order valence-electron chi connectivity index (χ0n) is 11.9. The van der Waals surface area contributed by atoms with Crippen LogP contribution in [0, 0.1) is 6.92 Å². The summed E-state index contributed by atoms with van der Waals surface area (Å²) in [5, 5.41) is 2.30. The van der Waals surface area contributed by atoms with E-state index in [1.807, 2.05) is 37.3 Å². The van der Waals surface area contributed by atoms with Gasteiger partial charge in [0, 0.05) is 12.5 Å². The van der Waals surface area contributed by atoms with Gasteiger partial charge in [-0.1, -0.05) is 30.3 Å². The molecule has 0 aliphatic rings. The second-order valence-corrected chi connectivity index (χ2v) is 4.86. The van der Waals surface area contributed by atoms with E-state index < -0.39 is 0 Å². The Morgan fingerprint density at radius 3 is 2.71 bits per heavy atom. The van der Waals surface area contributed by atoms with Gasteiger partial charge in [-0.05, 0) is 29.8 Å². The predicted octanol–water partition coefficient (Wildman–Crippen LogP) is 3.87. The summed E-state index contributed by atoms with van der Waals surface area (Å²) in [5.41, 5.74) is 1.55. The lowest BCUT2D eigenvalue weighted by Gasteiger charge is -1.99. The van der Waals surface area contributed by atoms with Crippen LogP contribution in [-0.4, -0.2) is 11.0 Å². The van der Waals surface area contributed by atoms with Crippen molar-refractivity contribution in [3.63, 3.8) is 0 Å². The lowest BCUT2D eigenvalue weighted by Crippen LogP contribution is -2.00. The van der Waals surface area contributed by atoms with E-state index in [1.165, 1.54) is 12.3 Å². The summed E-state index contributed by atoms with van der Waals surface area (Å²) in [6.45, 7) is 3.33. The van der Waals surface area contributed by atoms with Crippen molar-refractivity contribution in [3.05, 3.63) is 53.9 Å². The number of carbonyl (C=O) groups is 1. The van der Waals surface area contributed by atoms with Gasteiger partial charge in [0.05, 0.1) is 0 Å². The number of hydrogen-bond donors (Lipinski definition) is 0. The van der Waals surface area contributed by atoms with Crippen LogP contribution >= 0.6 is 0 Å². The van der Waals surface area contributed by atoms with Crippen molar-refractivity contribution in [2.24, 2.45) is 0 Å². The average Bonchev–Trinajstić information content (AvgIpc) is 2.86. The van der Waals surface area contributed by atoms with E-state index in [4.69, 9.17) is 9.15 Å². The Bertz CT molecular complexity index is 805. The molecule has 0 fully saturated rings. The third kappa shape index (κ3) is 2.79. The van der Waals surface area contributed by atoms with Crippen LogP contribution in [0.15, 0.2) is 46.9 Å². The van der Waals surface area contributed by atoms with E-state index in [0.29, 0.717) is 17.3 Å². The Morgan fingerprint density at radius 2 is 1.95 bits per heavy atom. The number of ether oxygens (including phenoxy) is 1. The standard InChI is InChI=1S/C17H15NO3/c1-11-16(10-20-12(2)19)18-17(21-11)15-8-7-13-5-3-4-6-14(13)9-15/h3-9H,10H2,1-2H3. The summed E-state index contributed by atoms with van der Waals surface area (Å²) < 4.78 is 10.6. The minimum absolute atomic E-state index is 0.137. The number of carbonyl (C=O) groups excluding carboxylic acids is 1. The Labute approximate surface area is 122 Å². The maximum atomic E-state index is 10.9. The molecule has 4 nitrogen and oxygen atoms in total. The minimum Gasteiger partial charge on any atom is -0.459 e. The number of aryl methyl sites for hydroxylation is 1. The van der Waals surface area contributed by atoms with E-state index in [1.54, 1.807) is 0 Å². The van der Waals surface area contributed by atoms with Gasteiger partial charge < -0.3 is 9.15 Å². The van der Waals surface area contributed by atoms with Crippen molar-refractivity contribution in [1.29, 1.82) is 0 Å². The van der Waals surface area contributed by atoms with Crippen LogP contribution < -0.4 is 0 Å². The lowest BCUT2D eigenvalue weighted by molar-refractivity contribution is -0.142. The molecular formula is C17H15NO3. The van der Waals surface area contributed by atoms with Crippen molar-refractivity contribution in [2.75, 3.05) is 0 Å². The van der Waals surface area contributed by atoms with Gasteiger partial charge in [0.1, 0.15) is 18.1 Å². The second-order valence-electron chi connectivity index (χ2n) is 4.86. The fraction of sp³-hybridized carbons (Fsp3) is 0.176. The number of hydrogen-bond acceptors (Lipinski definition) is 4. The number of rotatable bonds is 3. The summed E-state index contributed by atoms with van der Waals surface area (Å²) in [7, 11) is 0. The molecule has 106 valence electrons. The normalized spacial score (nSPS) is 10.8. The first-order valence-electron chi connectivity index (χ1n) is 6.72. The average molecular weight is 281 g/mol. The third-order valence-corrected chi connectivity index (χ3v) is 3.30. The highest BCUT2D eigenvalue weighted by atomic mass is 16.5. The van der Waals surface area contributed by atoms with Crippen molar-refractivity contribution < 1.29 is 13.9 Å². The van der Waals surface area contributed by atoms with Crippen LogP contribution in [0.1, 0.15) is 18.4 Å². The molecule has 0 N–H and O–H groups in total. The van der Waals surface area contributed by atoms with E-state index in [2.05, 4.69) is 17.1 Å². The Balaban J connectivity index is 1.95. The number of esters is 1. The molecule has 4 heteroatoms. The van der Waals surface area contributed by atoms with Crippen LogP contribution in [0.3, 0.4) is 0 Å². The second kappa shape index (κ2) is 5.40. The summed E-state index contributed by atoms with van der Waals surface area (Å²) in [5.74, 6) is 0.879. The molecule has 1 aromatic heterocycles. The van der Waals surface area contributed by atoms with Crippen LogP contribution in [0.4, 0.5) is 0 Å². The highest BCUT2D eigenvalue weighted by molar-refractivity contribution is 5.86. The summed E-state index contributed by atoms with van der Waals surface area (Å²) >= 11 is 0. The van der Waals surface area contributed by atoms with Gasteiger partial charge in [0.15, 0.2) is 0 Å². The highest BCUT2D eigenvalue weighted by Crippen LogP contribution is 2.25. The van der Waals surface area contributed by atoms with Gasteiger partial charge in [0.2, 0.25) is 5.89 Å². The Morgan fingerprint density at radius 1 is 1.19 bits per heavy atom. The number of oxazole rings is 1. The largest absolute Gasteiger partial charge is 0.459 e. The fourth-order valence-corrected chi connectivity index (χ4v) is 2.18. The third-order valence-electron chi connectivity index (χ3n) is 3.30. The minimum atomic E-state index is -0.329. The molecule has 0 spiro atoms. The Hall–Kier alpha value is -2.62. The first-order chi connectivity index (χ1) is 10.1. The Kier molecular flexibility index (Phi) is 3.44. The number of aromatic nitrogens is 1. The van der Waals surface area contributed by atoms with Crippen molar-refractivity contribution in [2.45, 2.75) is 20.5 Å². The van der Waals surface area contributed by atoms with Gasteiger partial charge in [-0.25, -0.2) is 4.98 Å². The topological polar surface area (TPSA) is 52.3 Å². The number of nitrogens with zero attached hydrogens (tertiary/aromatic N) is 1. The number of fused-ring (bicyclic) bond motifs is 1. The summed E-state index contributed by atoms with van der Waals surface area (Å²) in [6, 6.07) is 14.2. The fourth-order valence-electron chi connectivity index (χ4n) is 2.18. The molecule has 3 aromatic rings. The van der Waals surface area contributed by atoms with Crippen LogP contribution in [0.25, 0.3) is 22.2 Å². The van der Waals surface area contributed by atoms with Gasteiger partial charge in [-0.3, -0.25) is 4.79 Å². The van der Waals surface area contributed by atoms with E-state index in [0.717, 1.165) is 10.9 Å². The molecule has 0 bridgehead atoms.